The Bertz CT molecular complexity index is 627. The maximum Gasteiger partial charge on any atom is 0.245 e. The summed E-state index contributed by atoms with van der Waals surface area (Å²) in [4.78, 5) is 41.8. The van der Waals surface area contributed by atoms with Crippen LogP contribution in [0.3, 0.4) is 0 Å². The lowest BCUT2D eigenvalue weighted by molar-refractivity contribution is -0.151. The van der Waals surface area contributed by atoms with Crippen molar-refractivity contribution in [1.29, 1.82) is 0 Å². The Morgan fingerprint density at radius 2 is 1.67 bits per heavy atom. The number of hydrogen-bond donors (Lipinski definition) is 2. The fourth-order valence-electron chi connectivity index (χ4n) is 4.60. The molecule has 0 aromatic rings. The third-order valence-corrected chi connectivity index (χ3v) is 6.02. The summed E-state index contributed by atoms with van der Waals surface area (Å²) in [7, 11) is 0. The zero-order valence-corrected chi connectivity index (χ0v) is 19.8. The maximum atomic E-state index is 13.6. The standard InChI is InChI=1S/C23H42N4O3/c1-22(2,3)14-17-20(29)27(12-9-25-17)18(15-23(4,5)6)21(30)26-10-7-16(8-11-26)13-19(24)28/h16-18,25H,7-15H2,1-6H3,(H2,24,28). The summed E-state index contributed by atoms with van der Waals surface area (Å²) in [5.41, 5.74) is 5.29. The molecular formula is C23H42N4O3. The molecule has 0 aromatic heterocycles. The fourth-order valence-corrected chi connectivity index (χ4v) is 4.60. The van der Waals surface area contributed by atoms with Crippen molar-refractivity contribution in [2.75, 3.05) is 26.2 Å². The molecule has 0 aliphatic carbocycles. The van der Waals surface area contributed by atoms with Crippen molar-refractivity contribution < 1.29 is 14.4 Å². The predicted octanol–water partition coefficient (Wildman–Crippen LogP) is 2.14. The molecule has 0 bridgehead atoms. The monoisotopic (exact) mass is 422 g/mol. The van der Waals surface area contributed by atoms with E-state index in [0.29, 0.717) is 39.0 Å². The quantitative estimate of drug-likeness (QED) is 0.685. The minimum absolute atomic E-state index is 0.0299. The lowest BCUT2D eigenvalue weighted by Gasteiger charge is -2.43. The molecule has 7 nitrogen and oxygen atoms in total. The van der Waals surface area contributed by atoms with E-state index in [1.165, 1.54) is 0 Å². The molecular weight excluding hydrogens is 380 g/mol. The van der Waals surface area contributed by atoms with Crippen LogP contribution in [0.25, 0.3) is 0 Å². The Morgan fingerprint density at radius 1 is 1.07 bits per heavy atom. The molecule has 2 rings (SSSR count). The minimum Gasteiger partial charge on any atom is -0.370 e. The predicted molar refractivity (Wildman–Crippen MR) is 119 cm³/mol. The van der Waals surface area contributed by atoms with E-state index in [2.05, 4.69) is 46.9 Å². The van der Waals surface area contributed by atoms with Crippen LogP contribution in [0.1, 0.15) is 73.6 Å². The summed E-state index contributed by atoms with van der Waals surface area (Å²) in [6.07, 6.45) is 3.36. The van der Waals surface area contributed by atoms with Gasteiger partial charge in [-0.2, -0.15) is 0 Å². The van der Waals surface area contributed by atoms with Crippen molar-refractivity contribution in [3.8, 4) is 0 Å². The number of rotatable bonds is 6. The molecule has 2 heterocycles. The van der Waals surface area contributed by atoms with Crippen LogP contribution in [0.15, 0.2) is 0 Å². The van der Waals surface area contributed by atoms with E-state index >= 15 is 0 Å². The molecule has 2 atom stereocenters. The van der Waals surface area contributed by atoms with Crippen LogP contribution in [-0.4, -0.2) is 65.8 Å². The van der Waals surface area contributed by atoms with E-state index in [1.54, 1.807) is 0 Å². The zero-order valence-electron chi connectivity index (χ0n) is 19.8. The number of primary amides is 1. The molecule has 7 heteroatoms. The van der Waals surface area contributed by atoms with Crippen LogP contribution in [0.4, 0.5) is 0 Å². The van der Waals surface area contributed by atoms with Crippen molar-refractivity contribution in [2.45, 2.75) is 85.7 Å². The van der Waals surface area contributed by atoms with Crippen molar-refractivity contribution in [2.24, 2.45) is 22.5 Å². The molecule has 0 saturated carbocycles. The molecule has 2 saturated heterocycles. The second-order valence-corrected chi connectivity index (χ2v) is 11.5. The first-order valence-electron chi connectivity index (χ1n) is 11.4. The van der Waals surface area contributed by atoms with Crippen molar-refractivity contribution in [3.05, 3.63) is 0 Å². The van der Waals surface area contributed by atoms with Gasteiger partial charge in [-0.3, -0.25) is 14.4 Å². The third-order valence-electron chi connectivity index (χ3n) is 6.02. The van der Waals surface area contributed by atoms with Gasteiger partial charge in [0.2, 0.25) is 17.7 Å². The van der Waals surface area contributed by atoms with Gasteiger partial charge in [-0.25, -0.2) is 0 Å². The highest BCUT2D eigenvalue weighted by atomic mass is 16.2. The number of nitrogens with zero attached hydrogens (tertiary/aromatic N) is 2. The summed E-state index contributed by atoms with van der Waals surface area (Å²) in [6.45, 7) is 15.3. The number of likely N-dealkylation sites (tertiary alicyclic amines) is 1. The Balaban J connectivity index is 2.14. The van der Waals surface area contributed by atoms with Gasteiger partial charge in [0.25, 0.3) is 0 Å². The SMILES string of the molecule is CC(C)(C)CC1NCCN(C(CC(C)(C)C)C(=O)N2CCC(CC(N)=O)CC2)C1=O. The summed E-state index contributed by atoms with van der Waals surface area (Å²) < 4.78 is 0. The van der Waals surface area contributed by atoms with Gasteiger partial charge < -0.3 is 20.9 Å². The van der Waals surface area contributed by atoms with Gasteiger partial charge in [0.15, 0.2) is 0 Å². The molecule has 3 N–H and O–H groups in total. The van der Waals surface area contributed by atoms with Gasteiger partial charge in [0.05, 0.1) is 6.04 Å². The first-order valence-corrected chi connectivity index (χ1v) is 11.4. The molecule has 0 radical (unpaired) electrons. The molecule has 3 amide bonds. The van der Waals surface area contributed by atoms with E-state index in [4.69, 9.17) is 5.73 Å². The van der Waals surface area contributed by atoms with E-state index in [9.17, 15) is 14.4 Å². The molecule has 2 aliphatic heterocycles. The number of nitrogens with two attached hydrogens (primary N) is 1. The van der Waals surface area contributed by atoms with Gasteiger partial charge in [-0.1, -0.05) is 41.5 Å². The Kier molecular flexibility index (Phi) is 7.94. The number of piperidine rings is 1. The van der Waals surface area contributed by atoms with Crippen LogP contribution in [0, 0.1) is 16.7 Å². The molecule has 2 aliphatic rings. The molecule has 0 aromatic carbocycles. The Hall–Kier alpha value is -1.63. The highest BCUT2D eigenvalue weighted by molar-refractivity contribution is 5.90. The van der Waals surface area contributed by atoms with Gasteiger partial charge in [-0.05, 0) is 42.4 Å². The van der Waals surface area contributed by atoms with Crippen molar-refractivity contribution >= 4 is 17.7 Å². The third kappa shape index (κ3) is 7.25. The number of hydrogen-bond acceptors (Lipinski definition) is 4. The summed E-state index contributed by atoms with van der Waals surface area (Å²) in [5, 5.41) is 3.36. The smallest absolute Gasteiger partial charge is 0.245 e. The molecule has 172 valence electrons. The fraction of sp³-hybridized carbons (Fsp3) is 0.870. The first-order chi connectivity index (χ1) is 13.8. The lowest BCUT2D eigenvalue weighted by Crippen LogP contribution is -2.62. The number of amides is 3. The van der Waals surface area contributed by atoms with Crippen molar-refractivity contribution in [3.63, 3.8) is 0 Å². The average Bonchev–Trinajstić information content (AvgIpc) is 2.59. The van der Waals surface area contributed by atoms with Crippen LogP contribution in [0.2, 0.25) is 0 Å². The molecule has 30 heavy (non-hydrogen) atoms. The minimum atomic E-state index is -0.435. The van der Waals surface area contributed by atoms with E-state index in [0.717, 1.165) is 19.3 Å². The van der Waals surface area contributed by atoms with Gasteiger partial charge in [-0.15, -0.1) is 0 Å². The Labute approximate surface area is 182 Å². The van der Waals surface area contributed by atoms with E-state index < -0.39 is 6.04 Å². The topological polar surface area (TPSA) is 95.7 Å². The number of nitrogens with one attached hydrogen (secondary N) is 1. The second-order valence-electron chi connectivity index (χ2n) is 11.5. The summed E-state index contributed by atoms with van der Waals surface area (Å²) in [6, 6.07) is -0.676. The van der Waals surface area contributed by atoms with E-state index in [1.807, 2.05) is 9.80 Å². The van der Waals surface area contributed by atoms with Crippen LogP contribution in [0.5, 0.6) is 0 Å². The van der Waals surface area contributed by atoms with Gasteiger partial charge >= 0.3 is 0 Å². The number of carbonyl (C=O) groups is 3. The Morgan fingerprint density at radius 3 is 2.17 bits per heavy atom. The van der Waals surface area contributed by atoms with Crippen LogP contribution < -0.4 is 11.1 Å². The normalized spacial score (nSPS) is 22.9. The lowest BCUT2D eigenvalue weighted by atomic mass is 9.84. The summed E-state index contributed by atoms with van der Waals surface area (Å²) >= 11 is 0. The van der Waals surface area contributed by atoms with Crippen LogP contribution in [-0.2, 0) is 14.4 Å². The van der Waals surface area contributed by atoms with Crippen LogP contribution >= 0.6 is 0 Å². The van der Waals surface area contributed by atoms with Gasteiger partial charge in [0, 0.05) is 32.6 Å². The largest absolute Gasteiger partial charge is 0.370 e. The molecule has 0 spiro atoms. The molecule has 2 unspecified atom stereocenters. The second kappa shape index (κ2) is 9.67. The number of carbonyl (C=O) groups excluding carboxylic acids is 3. The zero-order chi connectivity index (χ0) is 22.7. The maximum absolute atomic E-state index is 13.6. The average molecular weight is 423 g/mol. The summed E-state index contributed by atoms with van der Waals surface area (Å²) in [5.74, 6) is 0.0703. The highest BCUT2D eigenvalue weighted by Gasteiger charge is 2.41. The first kappa shape index (κ1) is 24.6. The highest BCUT2D eigenvalue weighted by Crippen LogP contribution is 2.30. The number of piperazine rings is 1. The van der Waals surface area contributed by atoms with Gasteiger partial charge in [0.1, 0.15) is 6.04 Å². The molecule has 2 fully saturated rings. The van der Waals surface area contributed by atoms with Crippen molar-refractivity contribution in [1.82, 2.24) is 15.1 Å². The van der Waals surface area contributed by atoms with E-state index in [-0.39, 0.29) is 40.5 Å².